The largest absolute Gasteiger partial charge is 0.481 e. The Hall–Kier alpha value is -2.11. The Kier molecular flexibility index (Phi) is 4.77. The summed E-state index contributed by atoms with van der Waals surface area (Å²) >= 11 is 0. The van der Waals surface area contributed by atoms with Crippen LogP contribution in [0.25, 0.3) is 0 Å². The standard InChI is InChI=1S/C15H19FN2O3/c1-9-11(16)6-4-8-12(9)17-15(21)18-13-7-3-2-5-10(13)14(19)20/h4,6,8,10,13H,2-3,5,7H2,1H3,(H,19,20)(H2,17,18,21). The number of amides is 2. The molecule has 1 aliphatic carbocycles. The van der Waals surface area contributed by atoms with Gasteiger partial charge in [-0.25, -0.2) is 9.18 Å². The second-order valence-corrected chi connectivity index (χ2v) is 5.35. The van der Waals surface area contributed by atoms with E-state index in [1.54, 1.807) is 13.0 Å². The normalized spacial score (nSPS) is 21.6. The molecular weight excluding hydrogens is 275 g/mol. The third-order valence-electron chi connectivity index (χ3n) is 3.92. The van der Waals surface area contributed by atoms with Gasteiger partial charge in [0, 0.05) is 17.3 Å². The fourth-order valence-corrected chi connectivity index (χ4v) is 2.67. The van der Waals surface area contributed by atoms with Crippen molar-refractivity contribution >= 4 is 17.7 Å². The Morgan fingerprint density at radius 2 is 2.00 bits per heavy atom. The molecular formula is C15H19FN2O3. The highest BCUT2D eigenvalue weighted by Gasteiger charge is 2.31. The molecule has 1 aromatic rings. The van der Waals surface area contributed by atoms with Gasteiger partial charge in [-0.15, -0.1) is 0 Å². The smallest absolute Gasteiger partial charge is 0.319 e. The van der Waals surface area contributed by atoms with Crippen molar-refractivity contribution in [1.82, 2.24) is 5.32 Å². The van der Waals surface area contributed by atoms with Gasteiger partial charge in [0.2, 0.25) is 0 Å². The summed E-state index contributed by atoms with van der Waals surface area (Å²) in [6.07, 6.45) is 2.97. The van der Waals surface area contributed by atoms with Gasteiger partial charge in [0.25, 0.3) is 0 Å². The fourth-order valence-electron chi connectivity index (χ4n) is 2.67. The Labute approximate surface area is 122 Å². The number of carboxylic acid groups (broad SMARTS) is 1. The third kappa shape index (κ3) is 3.71. The lowest BCUT2D eigenvalue weighted by atomic mass is 9.84. The van der Waals surface area contributed by atoms with Gasteiger partial charge in [0.05, 0.1) is 5.92 Å². The topological polar surface area (TPSA) is 78.4 Å². The molecule has 0 aromatic heterocycles. The van der Waals surface area contributed by atoms with E-state index in [0.29, 0.717) is 24.1 Å². The highest BCUT2D eigenvalue weighted by atomic mass is 19.1. The van der Waals surface area contributed by atoms with E-state index in [0.717, 1.165) is 12.8 Å². The van der Waals surface area contributed by atoms with Gasteiger partial charge in [0.15, 0.2) is 0 Å². The maximum absolute atomic E-state index is 13.4. The number of carbonyl (C=O) groups is 2. The highest BCUT2D eigenvalue weighted by Crippen LogP contribution is 2.25. The Morgan fingerprint density at radius 1 is 1.29 bits per heavy atom. The summed E-state index contributed by atoms with van der Waals surface area (Å²) in [6.45, 7) is 1.58. The minimum atomic E-state index is -0.887. The van der Waals surface area contributed by atoms with Crippen LogP contribution in [0.2, 0.25) is 0 Å². The fraction of sp³-hybridized carbons (Fsp3) is 0.467. The zero-order chi connectivity index (χ0) is 15.4. The molecule has 0 aliphatic heterocycles. The second kappa shape index (κ2) is 6.56. The zero-order valence-electron chi connectivity index (χ0n) is 11.9. The molecule has 1 fully saturated rings. The van der Waals surface area contributed by atoms with Gasteiger partial charge in [-0.05, 0) is 31.9 Å². The molecule has 5 nitrogen and oxygen atoms in total. The summed E-state index contributed by atoms with van der Waals surface area (Å²) < 4.78 is 13.4. The van der Waals surface area contributed by atoms with Crippen LogP contribution in [0.15, 0.2) is 18.2 Å². The zero-order valence-corrected chi connectivity index (χ0v) is 11.9. The van der Waals surface area contributed by atoms with E-state index in [2.05, 4.69) is 10.6 Å². The lowest BCUT2D eigenvalue weighted by Crippen LogP contribution is -2.46. The van der Waals surface area contributed by atoms with Gasteiger partial charge in [-0.3, -0.25) is 4.79 Å². The first-order chi connectivity index (χ1) is 9.99. The number of carboxylic acids is 1. The summed E-state index contributed by atoms with van der Waals surface area (Å²) in [5.41, 5.74) is 0.737. The Morgan fingerprint density at radius 3 is 2.71 bits per heavy atom. The summed E-state index contributed by atoms with van der Waals surface area (Å²) in [5, 5.41) is 14.4. The molecule has 0 bridgehead atoms. The van der Waals surface area contributed by atoms with Crippen LogP contribution in [0.5, 0.6) is 0 Å². The average molecular weight is 294 g/mol. The summed E-state index contributed by atoms with van der Waals surface area (Å²) in [6, 6.07) is 3.55. The molecule has 1 aliphatic rings. The van der Waals surface area contributed by atoms with Crippen LogP contribution in [-0.2, 0) is 4.79 Å². The number of urea groups is 1. The molecule has 0 saturated heterocycles. The molecule has 2 rings (SSSR count). The average Bonchev–Trinajstić information content (AvgIpc) is 2.44. The van der Waals surface area contributed by atoms with Crippen LogP contribution >= 0.6 is 0 Å². The van der Waals surface area contributed by atoms with Crippen molar-refractivity contribution in [2.45, 2.75) is 38.6 Å². The van der Waals surface area contributed by atoms with Gasteiger partial charge in [0.1, 0.15) is 5.82 Å². The monoisotopic (exact) mass is 294 g/mol. The van der Waals surface area contributed by atoms with Gasteiger partial charge < -0.3 is 15.7 Å². The van der Waals surface area contributed by atoms with E-state index >= 15 is 0 Å². The minimum absolute atomic E-state index is 0.353. The summed E-state index contributed by atoms with van der Waals surface area (Å²) in [5.74, 6) is -1.84. The highest BCUT2D eigenvalue weighted by molar-refractivity contribution is 5.90. The SMILES string of the molecule is Cc1c(F)cccc1NC(=O)NC1CCCCC1C(=O)O. The van der Waals surface area contributed by atoms with Crippen LogP contribution in [0.4, 0.5) is 14.9 Å². The van der Waals surface area contributed by atoms with Crippen LogP contribution in [0.1, 0.15) is 31.2 Å². The maximum Gasteiger partial charge on any atom is 0.319 e. The number of aliphatic carboxylic acids is 1. The molecule has 3 N–H and O–H groups in total. The number of hydrogen-bond donors (Lipinski definition) is 3. The van der Waals surface area contributed by atoms with Gasteiger partial charge in [-0.1, -0.05) is 18.9 Å². The van der Waals surface area contributed by atoms with Crippen LogP contribution in [0, 0.1) is 18.7 Å². The van der Waals surface area contributed by atoms with E-state index < -0.39 is 23.7 Å². The first kappa shape index (κ1) is 15.3. The Balaban J connectivity index is 2.00. The molecule has 0 radical (unpaired) electrons. The van der Waals surface area contributed by atoms with Crippen LogP contribution in [0.3, 0.4) is 0 Å². The van der Waals surface area contributed by atoms with Gasteiger partial charge in [-0.2, -0.15) is 0 Å². The van der Waals surface area contributed by atoms with Crippen molar-refractivity contribution in [3.63, 3.8) is 0 Å². The van der Waals surface area contributed by atoms with Crippen LogP contribution < -0.4 is 10.6 Å². The molecule has 2 amide bonds. The second-order valence-electron chi connectivity index (χ2n) is 5.35. The minimum Gasteiger partial charge on any atom is -0.481 e. The lowest BCUT2D eigenvalue weighted by Gasteiger charge is -2.29. The van der Waals surface area contributed by atoms with Crippen molar-refractivity contribution in [2.24, 2.45) is 5.92 Å². The van der Waals surface area contributed by atoms with Crippen molar-refractivity contribution in [2.75, 3.05) is 5.32 Å². The van der Waals surface area contributed by atoms with Crippen molar-refractivity contribution in [3.8, 4) is 0 Å². The van der Waals surface area contributed by atoms with E-state index in [4.69, 9.17) is 0 Å². The number of benzene rings is 1. The Bertz CT molecular complexity index is 548. The number of hydrogen-bond acceptors (Lipinski definition) is 2. The van der Waals surface area contributed by atoms with E-state index in [9.17, 15) is 19.1 Å². The predicted octanol–water partition coefficient (Wildman–Crippen LogP) is 2.90. The van der Waals surface area contributed by atoms with E-state index in [-0.39, 0.29) is 6.04 Å². The van der Waals surface area contributed by atoms with Crippen molar-refractivity contribution in [1.29, 1.82) is 0 Å². The third-order valence-corrected chi connectivity index (χ3v) is 3.92. The van der Waals surface area contributed by atoms with Crippen molar-refractivity contribution < 1.29 is 19.1 Å². The summed E-state index contributed by atoms with van der Waals surface area (Å²) in [4.78, 5) is 23.2. The first-order valence-electron chi connectivity index (χ1n) is 7.04. The quantitative estimate of drug-likeness (QED) is 0.802. The molecule has 2 atom stereocenters. The molecule has 6 heteroatoms. The molecule has 1 aromatic carbocycles. The first-order valence-corrected chi connectivity index (χ1v) is 7.04. The van der Waals surface area contributed by atoms with Gasteiger partial charge >= 0.3 is 12.0 Å². The molecule has 21 heavy (non-hydrogen) atoms. The summed E-state index contributed by atoms with van der Waals surface area (Å²) in [7, 11) is 0. The number of anilines is 1. The number of rotatable bonds is 3. The maximum atomic E-state index is 13.4. The van der Waals surface area contributed by atoms with Crippen LogP contribution in [-0.4, -0.2) is 23.1 Å². The molecule has 0 heterocycles. The number of nitrogens with one attached hydrogen (secondary N) is 2. The molecule has 0 spiro atoms. The number of halogens is 1. The molecule has 114 valence electrons. The lowest BCUT2D eigenvalue weighted by molar-refractivity contribution is -0.143. The predicted molar refractivity (Wildman–Crippen MR) is 76.7 cm³/mol. The van der Waals surface area contributed by atoms with E-state index in [1.807, 2.05) is 0 Å². The number of carbonyl (C=O) groups excluding carboxylic acids is 1. The molecule has 2 unspecified atom stereocenters. The molecule has 1 saturated carbocycles. The van der Waals surface area contributed by atoms with Crippen molar-refractivity contribution in [3.05, 3.63) is 29.6 Å². The van der Waals surface area contributed by atoms with E-state index in [1.165, 1.54) is 12.1 Å².